The van der Waals surface area contributed by atoms with E-state index in [2.05, 4.69) is 5.32 Å². The van der Waals surface area contributed by atoms with Gasteiger partial charge in [0.2, 0.25) is 5.91 Å². The molecule has 0 aliphatic heterocycles. The predicted octanol–water partition coefficient (Wildman–Crippen LogP) is 0.920. The van der Waals surface area contributed by atoms with Gasteiger partial charge in [0.05, 0.1) is 12.6 Å². The fraction of sp³-hybridized carbons (Fsp3) is 0.909. The Morgan fingerprint density at radius 2 is 2.07 bits per heavy atom. The molecule has 2 unspecified atom stereocenters. The third-order valence-corrected chi connectivity index (χ3v) is 3.67. The Bertz CT molecular complexity index is 215. The highest BCUT2D eigenvalue weighted by molar-refractivity contribution is 5.79. The minimum atomic E-state index is -0.0422. The fourth-order valence-electron chi connectivity index (χ4n) is 2.52. The van der Waals surface area contributed by atoms with Crippen LogP contribution in [0.25, 0.3) is 0 Å². The molecular weight excluding hydrogens is 178 g/mol. The molecule has 0 saturated heterocycles. The van der Waals surface area contributed by atoms with Gasteiger partial charge in [-0.1, -0.05) is 6.92 Å². The number of fused-ring (bicyclic) bond motifs is 1. The van der Waals surface area contributed by atoms with E-state index in [1.165, 1.54) is 6.42 Å². The maximum absolute atomic E-state index is 11.7. The highest BCUT2D eigenvalue weighted by Gasteiger charge is 2.48. The summed E-state index contributed by atoms with van der Waals surface area (Å²) in [6, 6.07) is -0.0422. The summed E-state index contributed by atoms with van der Waals surface area (Å²) < 4.78 is 0. The summed E-state index contributed by atoms with van der Waals surface area (Å²) in [5, 5.41) is 11.9. The average molecular weight is 197 g/mol. The average Bonchev–Trinajstić information content (AvgIpc) is 2.82. The zero-order valence-electron chi connectivity index (χ0n) is 8.70. The summed E-state index contributed by atoms with van der Waals surface area (Å²) in [7, 11) is 0. The van der Waals surface area contributed by atoms with Gasteiger partial charge in [0.15, 0.2) is 0 Å². The minimum absolute atomic E-state index is 0.0422. The molecular formula is C11H19NO2. The van der Waals surface area contributed by atoms with Gasteiger partial charge in [0, 0.05) is 5.92 Å². The Balaban J connectivity index is 1.77. The maximum Gasteiger partial charge on any atom is 0.223 e. The molecule has 3 heteroatoms. The van der Waals surface area contributed by atoms with Crippen molar-refractivity contribution in [2.24, 2.45) is 17.8 Å². The molecule has 3 nitrogen and oxygen atoms in total. The lowest BCUT2D eigenvalue weighted by atomic mass is 10.0. The quantitative estimate of drug-likeness (QED) is 0.704. The largest absolute Gasteiger partial charge is 0.394 e. The van der Waals surface area contributed by atoms with Crippen molar-refractivity contribution in [3.63, 3.8) is 0 Å². The van der Waals surface area contributed by atoms with E-state index in [-0.39, 0.29) is 24.5 Å². The molecule has 0 heterocycles. The summed E-state index contributed by atoms with van der Waals surface area (Å²) in [4.78, 5) is 11.7. The first-order valence-corrected chi connectivity index (χ1v) is 5.65. The Labute approximate surface area is 84.9 Å². The topological polar surface area (TPSA) is 49.3 Å². The SMILES string of the molecule is CC[C@@H](CO)NC(=O)C1CC2CC2C1. The van der Waals surface area contributed by atoms with Gasteiger partial charge in [0.1, 0.15) is 0 Å². The number of aliphatic hydroxyl groups excluding tert-OH is 1. The Hall–Kier alpha value is -0.570. The Morgan fingerprint density at radius 1 is 1.43 bits per heavy atom. The number of carbonyl (C=O) groups is 1. The van der Waals surface area contributed by atoms with E-state index in [0.717, 1.165) is 31.1 Å². The van der Waals surface area contributed by atoms with Crippen LogP contribution in [0.3, 0.4) is 0 Å². The zero-order chi connectivity index (χ0) is 10.1. The van der Waals surface area contributed by atoms with Crippen LogP contribution in [0.5, 0.6) is 0 Å². The molecule has 3 atom stereocenters. The Morgan fingerprint density at radius 3 is 2.57 bits per heavy atom. The van der Waals surface area contributed by atoms with Gasteiger partial charge in [-0.25, -0.2) is 0 Å². The van der Waals surface area contributed by atoms with Crippen molar-refractivity contribution in [3.05, 3.63) is 0 Å². The second-order valence-electron chi connectivity index (χ2n) is 4.72. The van der Waals surface area contributed by atoms with Crippen molar-refractivity contribution in [1.29, 1.82) is 0 Å². The molecule has 0 spiro atoms. The van der Waals surface area contributed by atoms with E-state index in [1.807, 2.05) is 6.92 Å². The van der Waals surface area contributed by atoms with Crippen molar-refractivity contribution >= 4 is 5.91 Å². The van der Waals surface area contributed by atoms with Crippen molar-refractivity contribution in [2.45, 2.75) is 38.6 Å². The van der Waals surface area contributed by atoms with Crippen molar-refractivity contribution < 1.29 is 9.90 Å². The molecule has 0 aromatic rings. The number of aliphatic hydroxyl groups is 1. The molecule has 0 aromatic carbocycles. The standard InChI is InChI=1S/C11H19NO2/c1-2-10(6-13)12-11(14)9-4-7-3-8(7)5-9/h7-10,13H,2-6H2,1H3,(H,12,14)/t7?,8?,9?,10-/m0/s1. The van der Waals surface area contributed by atoms with Gasteiger partial charge in [-0.3, -0.25) is 4.79 Å². The number of hydrogen-bond acceptors (Lipinski definition) is 2. The first-order valence-electron chi connectivity index (χ1n) is 5.65. The maximum atomic E-state index is 11.7. The zero-order valence-corrected chi connectivity index (χ0v) is 8.70. The number of hydrogen-bond donors (Lipinski definition) is 2. The van der Waals surface area contributed by atoms with Gasteiger partial charge in [-0.05, 0) is 37.5 Å². The number of carbonyl (C=O) groups excluding carboxylic acids is 1. The lowest BCUT2D eigenvalue weighted by molar-refractivity contribution is -0.126. The monoisotopic (exact) mass is 197 g/mol. The molecule has 1 amide bonds. The van der Waals surface area contributed by atoms with Gasteiger partial charge in [-0.2, -0.15) is 0 Å². The molecule has 2 rings (SSSR count). The fourth-order valence-corrected chi connectivity index (χ4v) is 2.52. The van der Waals surface area contributed by atoms with Crippen LogP contribution in [0.1, 0.15) is 32.6 Å². The highest BCUT2D eigenvalue weighted by Crippen LogP contribution is 2.54. The van der Waals surface area contributed by atoms with E-state index in [1.54, 1.807) is 0 Å². The third-order valence-electron chi connectivity index (χ3n) is 3.67. The van der Waals surface area contributed by atoms with E-state index >= 15 is 0 Å². The normalized spacial score (nSPS) is 36.3. The molecule has 0 bridgehead atoms. The molecule has 2 fully saturated rings. The molecule has 0 radical (unpaired) electrons. The summed E-state index contributed by atoms with van der Waals surface area (Å²) in [6.45, 7) is 2.04. The van der Waals surface area contributed by atoms with Crippen LogP contribution in [0.2, 0.25) is 0 Å². The van der Waals surface area contributed by atoms with E-state index in [4.69, 9.17) is 5.11 Å². The molecule has 2 saturated carbocycles. The van der Waals surface area contributed by atoms with Gasteiger partial charge in [0.25, 0.3) is 0 Å². The summed E-state index contributed by atoms with van der Waals surface area (Å²) in [5.41, 5.74) is 0. The highest BCUT2D eigenvalue weighted by atomic mass is 16.3. The molecule has 0 aromatic heterocycles. The van der Waals surface area contributed by atoms with Gasteiger partial charge in [-0.15, -0.1) is 0 Å². The van der Waals surface area contributed by atoms with Crippen molar-refractivity contribution in [1.82, 2.24) is 5.32 Å². The first kappa shape index (κ1) is 9.97. The van der Waals surface area contributed by atoms with Crippen LogP contribution in [0.4, 0.5) is 0 Å². The van der Waals surface area contributed by atoms with E-state index < -0.39 is 0 Å². The van der Waals surface area contributed by atoms with Crippen LogP contribution < -0.4 is 5.32 Å². The summed E-state index contributed by atoms with van der Waals surface area (Å²) in [5.74, 6) is 2.09. The second kappa shape index (κ2) is 3.89. The molecule has 14 heavy (non-hydrogen) atoms. The minimum Gasteiger partial charge on any atom is -0.394 e. The van der Waals surface area contributed by atoms with Gasteiger partial charge < -0.3 is 10.4 Å². The number of nitrogens with one attached hydrogen (secondary N) is 1. The molecule has 2 aliphatic rings. The summed E-state index contributed by atoms with van der Waals surface area (Å²) in [6.07, 6.45) is 4.32. The third kappa shape index (κ3) is 1.92. The van der Waals surface area contributed by atoms with Crippen LogP contribution >= 0.6 is 0 Å². The van der Waals surface area contributed by atoms with Crippen molar-refractivity contribution in [3.8, 4) is 0 Å². The lowest BCUT2D eigenvalue weighted by Crippen LogP contribution is -2.40. The van der Waals surface area contributed by atoms with Gasteiger partial charge >= 0.3 is 0 Å². The van der Waals surface area contributed by atoms with Crippen LogP contribution in [-0.4, -0.2) is 23.7 Å². The molecule has 80 valence electrons. The lowest BCUT2D eigenvalue weighted by Gasteiger charge is -2.18. The molecule has 2 aliphatic carbocycles. The van der Waals surface area contributed by atoms with Crippen molar-refractivity contribution in [2.75, 3.05) is 6.61 Å². The van der Waals surface area contributed by atoms with E-state index in [9.17, 15) is 4.79 Å². The number of rotatable bonds is 4. The van der Waals surface area contributed by atoms with Crippen LogP contribution in [0.15, 0.2) is 0 Å². The summed E-state index contributed by atoms with van der Waals surface area (Å²) >= 11 is 0. The predicted molar refractivity (Wildman–Crippen MR) is 53.6 cm³/mol. The second-order valence-corrected chi connectivity index (χ2v) is 4.72. The van der Waals surface area contributed by atoms with Crippen LogP contribution in [-0.2, 0) is 4.79 Å². The van der Waals surface area contributed by atoms with Crippen LogP contribution in [0, 0.1) is 17.8 Å². The number of amides is 1. The Kier molecular flexibility index (Phi) is 2.77. The molecule has 2 N–H and O–H groups in total. The van der Waals surface area contributed by atoms with E-state index in [0.29, 0.717) is 0 Å². The smallest absolute Gasteiger partial charge is 0.223 e. The first-order chi connectivity index (χ1) is 6.74.